The molecule has 0 aromatic heterocycles. The molecule has 6 nitrogen and oxygen atoms in total. The Labute approximate surface area is 120 Å². The Balaban J connectivity index is 2.38. The fraction of sp³-hybridized carbons (Fsp3) is 0.857. The predicted molar refractivity (Wildman–Crippen MR) is 75.6 cm³/mol. The second-order valence-electron chi connectivity index (χ2n) is 5.58. The average molecular weight is 286 g/mol. The lowest BCUT2D eigenvalue weighted by molar-refractivity contribution is -0.137. The summed E-state index contributed by atoms with van der Waals surface area (Å²) in [6.07, 6.45) is 1.65. The summed E-state index contributed by atoms with van der Waals surface area (Å²) in [5.41, 5.74) is 0. The van der Waals surface area contributed by atoms with E-state index in [-0.39, 0.29) is 30.5 Å². The molecule has 3 unspecified atom stereocenters. The van der Waals surface area contributed by atoms with E-state index in [9.17, 15) is 9.59 Å². The van der Waals surface area contributed by atoms with Gasteiger partial charge in [-0.1, -0.05) is 13.8 Å². The van der Waals surface area contributed by atoms with E-state index in [0.29, 0.717) is 26.1 Å². The molecule has 1 saturated heterocycles. The van der Waals surface area contributed by atoms with E-state index in [4.69, 9.17) is 9.84 Å². The first kappa shape index (κ1) is 16.8. The van der Waals surface area contributed by atoms with Crippen LogP contribution in [0.3, 0.4) is 0 Å². The highest BCUT2D eigenvalue weighted by Crippen LogP contribution is 2.14. The smallest absolute Gasteiger partial charge is 0.317 e. The minimum atomic E-state index is -0.795. The average Bonchev–Trinajstić information content (AvgIpc) is 2.42. The van der Waals surface area contributed by atoms with Gasteiger partial charge in [-0.25, -0.2) is 4.79 Å². The van der Waals surface area contributed by atoms with Crippen LogP contribution in [0.4, 0.5) is 4.79 Å². The summed E-state index contributed by atoms with van der Waals surface area (Å²) in [6.45, 7) is 7.64. The van der Waals surface area contributed by atoms with E-state index >= 15 is 0 Å². The first-order valence-electron chi connectivity index (χ1n) is 7.31. The predicted octanol–water partition coefficient (Wildman–Crippen LogP) is 1.70. The van der Waals surface area contributed by atoms with Crippen molar-refractivity contribution in [3.05, 3.63) is 0 Å². The molecule has 1 rings (SSSR count). The second kappa shape index (κ2) is 8.09. The molecule has 0 aliphatic carbocycles. The number of aliphatic carboxylic acids is 1. The van der Waals surface area contributed by atoms with Gasteiger partial charge in [-0.05, 0) is 25.7 Å². The van der Waals surface area contributed by atoms with Gasteiger partial charge in [0.1, 0.15) is 0 Å². The first-order chi connectivity index (χ1) is 9.43. The second-order valence-corrected chi connectivity index (χ2v) is 5.58. The Morgan fingerprint density at radius 3 is 2.80 bits per heavy atom. The van der Waals surface area contributed by atoms with E-state index < -0.39 is 5.97 Å². The number of urea groups is 1. The number of nitrogens with one attached hydrogen (secondary N) is 1. The number of morpholine rings is 1. The molecule has 0 aromatic carbocycles. The van der Waals surface area contributed by atoms with Crippen LogP contribution in [0.2, 0.25) is 0 Å². The molecule has 0 bridgehead atoms. The van der Waals surface area contributed by atoms with Gasteiger partial charge in [0.25, 0.3) is 0 Å². The van der Waals surface area contributed by atoms with Gasteiger partial charge in [0.2, 0.25) is 0 Å². The molecule has 20 heavy (non-hydrogen) atoms. The van der Waals surface area contributed by atoms with Crippen molar-refractivity contribution in [2.45, 2.75) is 52.2 Å². The highest BCUT2D eigenvalue weighted by molar-refractivity contribution is 5.74. The molecule has 0 saturated carbocycles. The zero-order chi connectivity index (χ0) is 15.1. The number of ether oxygens (including phenoxy) is 1. The van der Waals surface area contributed by atoms with Gasteiger partial charge in [0, 0.05) is 19.5 Å². The molecule has 2 amide bonds. The monoisotopic (exact) mass is 286 g/mol. The minimum absolute atomic E-state index is 0.0629. The number of nitrogens with zero attached hydrogens (tertiary/aromatic N) is 1. The third-order valence-electron chi connectivity index (χ3n) is 3.65. The van der Waals surface area contributed by atoms with Crippen LogP contribution >= 0.6 is 0 Å². The summed E-state index contributed by atoms with van der Waals surface area (Å²) in [4.78, 5) is 24.5. The quantitative estimate of drug-likeness (QED) is 0.779. The first-order valence-corrected chi connectivity index (χ1v) is 7.31. The fourth-order valence-electron chi connectivity index (χ4n) is 2.27. The van der Waals surface area contributed by atoms with Gasteiger partial charge in [0.05, 0.1) is 18.8 Å². The Morgan fingerprint density at radius 2 is 2.20 bits per heavy atom. The number of hydrogen-bond acceptors (Lipinski definition) is 3. The molecule has 0 aromatic rings. The lowest BCUT2D eigenvalue weighted by Crippen LogP contribution is -2.55. The summed E-state index contributed by atoms with van der Waals surface area (Å²) in [6, 6.07) is 0.0506. The van der Waals surface area contributed by atoms with Crippen LogP contribution in [-0.4, -0.2) is 53.8 Å². The van der Waals surface area contributed by atoms with Crippen molar-refractivity contribution < 1.29 is 19.4 Å². The summed E-state index contributed by atoms with van der Waals surface area (Å²) in [5.74, 6) is -0.634. The van der Waals surface area contributed by atoms with Crippen LogP contribution in [-0.2, 0) is 9.53 Å². The Morgan fingerprint density at radius 1 is 1.50 bits per heavy atom. The summed E-state index contributed by atoms with van der Waals surface area (Å²) in [7, 11) is 0. The normalized spacial score (nSPS) is 24.2. The van der Waals surface area contributed by atoms with Gasteiger partial charge in [0.15, 0.2) is 0 Å². The van der Waals surface area contributed by atoms with Crippen molar-refractivity contribution in [2.24, 2.45) is 5.92 Å². The maximum Gasteiger partial charge on any atom is 0.317 e. The number of hydrogen-bond donors (Lipinski definition) is 2. The lowest BCUT2D eigenvalue weighted by Gasteiger charge is -2.38. The highest BCUT2D eigenvalue weighted by atomic mass is 16.5. The molecule has 0 radical (unpaired) electrons. The highest BCUT2D eigenvalue weighted by Gasteiger charge is 2.29. The van der Waals surface area contributed by atoms with Gasteiger partial charge in [-0.15, -0.1) is 0 Å². The maximum absolute atomic E-state index is 12.2. The number of carbonyl (C=O) groups is 2. The maximum atomic E-state index is 12.2. The molecule has 1 fully saturated rings. The zero-order valence-electron chi connectivity index (χ0n) is 12.6. The van der Waals surface area contributed by atoms with Crippen molar-refractivity contribution in [1.82, 2.24) is 10.2 Å². The van der Waals surface area contributed by atoms with Crippen molar-refractivity contribution in [1.29, 1.82) is 0 Å². The third-order valence-corrected chi connectivity index (χ3v) is 3.65. The summed E-state index contributed by atoms with van der Waals surface area (Å²) >= 11 is 0. The molecule has 0 spiro atoms. The number of rotatable bonds is 6. The topological polar surface area (TPSA) is 78.9 Å². The molecule has 3 atom stereocenters. The number of amides is 2. The SMILES string of the molecule is CCC1COC(C)CN1C(=O)NCC(C)CCC(=O)O. The van der Waals surface area contributed by atoms with E-state index in [1.54, 1.807) is 0 Å². The summed E-state index contributed by atoms with van der Waals surface area (Å²) in [5, 5.41) is 11.5. The van der Waals surface area contributed by atoms with Crippen LogP contribution in [0.25, 0.3) is 0 Å². The molecular weight excluding hydrogens is 260 g/mol. The number of carboxylic acids is 1. The Kier molecular flexibility index (Phi) is 6.78. The van der Waals surface area contributed by atoms with Gasteiger partial charge in [-0.2, -0.15) is 0 Å². The zero-order valence-corrected chi connectivity index (χ0v) is 12.6. The van der Waals surface area contributed by atoms with E-state index in [2.05, 4.69) is 5.32 Å². The van der Waals surface area contributed by atoms with Crippen LogP contribution in [0.5, 0.6) is 0 Å². The Hall–Kier alpha value is -1.30. The lowest BCUT2D eigenvalue weighted by atomic mass is 10.1. The molecule has 1 aliphatic rings. The standard InChI is InChI=1S/C14H26N2O4/c1-4-12-9-20-11(3)8-16(12)14(19)15-7-10(2)5-6-13(17)18/h10-12H,4-9H2,1-3H3,(H,15,19)(H,17,18). The molecular formula is C14H26N2O4. The summed E-state index contributed by atoms with van der Waals surface area (Å²) < 4.78 is 5.57. The third kappa shape index (κ3) is 5.36. The van der Waals surface area contributed by atoms with Crippen LogP contribution in [0.15, 0.2) is 0 Å². The Bertz CT molecular complexity index is 335. The van der Waals surface area contributed by atoms with Crippen molar-refractivity contribution >= 4 is 12.0 Å². The number of carboxylic acid groups (broad SMARTS) is 1. The molecule has 116 valence electrons. The van der Waals surface area contributed by atoms with Crippen molar-refractivity contribution in [3.63, 3.8) is 0 Å². The van der Waals surface area contributed by atoms with Crippen molar-refractivity contribution in [2.75, 3.05) is 19.7 Å². The van der Waals surface area contributed by atoms with Gasteiger partial charge in [-0.3, -0.25) is 4.79 Å². The van der Waals surface area contributed by atoms with Crippen molar-refractivity contribution in [3.8, 4) is 0 Å². The molecule has 6 heteroatoms. The minimum Gasteiger partial charge on any atom is -0.481 e. The van der Waals surface area contributed by atoms with Gasteiger partial charge < -0.3 is 20.1 Å². The van der Waals surface area contributed by atoms with Crippen LogP contribution in [0.1, 0.15) is 40.0 Å². The van der Waals surface area contributed by atoms with E-state index in [0.717, 1.165) is 6.42 Å². The molecule has 2 N–H and O–H groups in total. The fourth-order valence-corrected chi connectivity index (χ4v) is 2.27. The van der Waals surface area contributed by atoms with Crippen LogP contribution < -0.4 is 5.32 Å². The van der Waals surface area contributed by atoms with E-state index in [1.165, 1.54) is 0 Å². The number of carbonyl (C=O) groups excluding carboxylic acids is 1. The largest absolute Gasteiger partial charge is 0.481 e. The van der Waals surface area contributed by atoms with Crippen LogP contribution in [0, 0.1) is 5.92 Å². The molecule has 1 aliphatic heterocycles. The molecule has 1 heterocycles. The van der Waals surface area contributed by atoms with Gasteiger partial charge >= 0.3 is 12.0 Å². The van der Waals surface area contributed by atoms with E-state index in [1.807, 2.05) is 25.7 Å².